The van der Waals surface area contributed by atoms with Gasteiger partial charge in [0.1, 0.15) is 0 Å². The van der Waals surface area contributed by atoms with Crippen molar-refractivity contribution in [2.75, 3.05) is 6.61 Å². The summed E-state index contributed by atoms with van der Waals surface area (Å²) >= 11 is 0. The fourth-order valence-electron chi connectivity index (χ4n) is 3.43. The van der Waals surface area contributed by atoms with E-state index in [9.17, 15) is 4.79 Å². The summed E-state index contributed by atoms with van der Waals surface area (Å²) in [6, 6.07) is 0.211. The molecule has 0 aromatic heterocycles. The number of carbonyl (C=O) groups is 1. The Balaban J connectivity index is 2.28. The molecule has 0 heterocycles. The minimum Gasteiger partial charge on any atom is -0.465 e. The summed E-state index contributed by atoms with van der Waals surface area (Å²) in [5, 5.41) is 0. The Labute approximate surface area is 131 Å². The molecule has 0 aromatic rings. The molecule has 0 bridgehead atoms. The molecule has 2 N–H and O–H groups in total. The number of hydrogen-bond donors (Lipinski definition) is 1. The van der Waals surface area contributed by atoms with Crippen LogP contribution >= 0.6 is 0 Å². The largest absolute Gasteiger partial charge is 0.465 e. The molecule has 0 saturated heterocycles. The molecule has 124 valence electrons. The zero-order chi connectivity index (χ0) is 15.9. The molecule has 1 aliphatic rings. The molecular formula is C18H35NO2. The Morgan fingerprint density at radius 2 is 1.76 bits per heavy atom. The van der Waals surface area contributed by atoms with Crippen molar-refractivity contribution in [1.29, 1.82) is 0 Å². The smallest absolute Gasteiger partial charge is 0.309 e. The summed E-state index contributed by atoms with van der Waals surface area (Å²) in [5.41, 5.74) is 6.08. The second-order valence-electron chi connectivity index (χ2n) is 7.34. The third-order valence-electron chi connectivity index (χ3n) is 5.53. The van der Waals surface area contributed by atoms with Crippen molar-refractivity contribution in [3.05, 3.63) is 0 Å². The van der Waals surface area contributed by atoms with Crippen LogP contribution in [0.25, 0.3) is 0 Å². The fraction of sp³-hybridized carbons (Fsp3) is 0.944. The number of nitrogens with two attached hydrogens (primary N) is 1. The van der Waals surface area contributed by atoms with Crippen LogP contribution < -0.4 is 5.73 Å². The lowest BCUT2D eigenvalue weighted by Gasteiger charge is -2.45. The van der Waals surface area contributed by atoms with Crippen LogP contribution in [0.15, 0.2) is 0 Å². The number of rotatable bonds is 8. The van der Waals surface area contributed by atoms with Crippen molar-refractivity contribution in [2.24, 2.45) is 23.0 Å². The minimum atomic E-state index is -0.0596. The first-order chi connectivity index (χ1) is 9.91. The van der Waals surface area contributed by atoms with Gasteiger partial charge >= 0.3 is 5.97 Å². The van der Waals surface area contributed by atoms with Crippen LogP contribution in [-0.2, 0) is 9.53 Å². The zero-order valence-corrected chi connectivity index (χ0v) is 14.5. The normalized spacial score (nSPS) is 28.3. The Morgan fingerprint density at radius 1 is 1.14 bits per heavy atom. The highest BCUT2D eigenvalue weighted by atomic mass is 16.5. The highest BCUT2D eigenvalue weighted by Crippen LogP contribution is 2.44. The van der Waals surface area contributed by atoms with Crippen molar-refractivity contribution in [3.8, 4) is 0 Å². The van der Waals surface area contributed by atoms with Crippen LogP contribution in [0.2, 0.25) is 0 Å². The van der Waals surface area contributed by atoms with Gasteiger partial charge in [-0.3, -0.25) is 4.79 Å². The molecule has 0 amide bonds. The van der Waals surface area contributed by atoms with E-state index in [1.54, 1.807) is 0 Å². The average molecular weight is 297 g/mol. The van der Waals surface area contributed by atoms with Gasteiger partial charge < -0.3 is 10.5 Å². The Morgan fingerprint density at radius 3 is 2.43 bits per heavy atom. The number of carbonyl (C=O) groups excluding carboxylic acids is 1. The highest BCUT2D eigenvalue weighted by Gasteiger charge is 2.45. The summed E-state index contributed by atoms with van der Waals surface area (Å²) in [5.74, 6) is 0.359. The first-order valence-electron chi connectivity index (χ1n) is 8.83. The molecule has 0 radical (unpaired) electrons. The molecule has 3 unspecified atom stereocenters. The van der Waals surface area contributed by atoms with Gasteiger partial charge in [0.25, 0.3) is 0 Å². The van der Waals surface area contributed by atoms with Gasteiger partial charge in [0, 0.05) is 6.04 Å². The summed E-state index contributed by atoms with van der Waals surface area (Å²) in [4.78, 5) is 12.3. The van der Waals surface area contributed by atoms with Crippen LogP contribution in [-0.4, -0.2) is 18.6 Å². The van der Waals surface area contributed by atoms with Crippen molar-refractivity contribution in [2.45, 2.75) is 85.1 Å². The van der Waals surface area contributed by atoms with Crippen molar-refractivity contribution < 1.29 is 9.53 Å². The maximum Gasteiger partial charge on any atom is 0.309 e. The Hall–Kier alpha value is -0.570. The first kappa shape index (κ1) is 18.5. The standard InChI is InChI=1S/C18H35NO2/c1-5-6-7-8-9-10-13-21-17(20)15-11-12-16(19)14(2)18(15,3)4/h14-16H,5-13,19H2,1-4H3. The molecule has 3 atom stereocenters. The van der Waals surface area contributed by atoms with Gasteiger partial charge in [-0.1, -0.05) is 59.8 Å². The predicted molar refractivity (Wildman–Crippen MR) is 88.0 cm³/mol. The van der Waals surface area contributed by atoms with Crippen molar-refractivity contribution >= 4 is 5.97 Å². The molecule has 1 aliphatic carbocycles. The minimum absolute atomic E-state index is 0.00684. The molecule has 3 heteroatoms. The number of unbranched alkanes of at least 4 members (excludes halogenated alkanes) is 5. The third-order valence-corrected chi connectivity index (χ3v) is 5.53. The molecule has 3 nitrogen and oxygen atoms in total. The molecule has 21 heavy (non-hydrogen) atoms. The van der Waals surface area contributed by atoms with Gasteiger partial charge in [-0.2, -0.15) is 0 Å². The highest BCUT2D eigenvalue weighted by molar-refractivity contribution is 5.73. The molecule has 1 rings (SSSR count). The van der Waals surface area contributed by atoms with Crippen LogP contribution in [0.5, 0.6) is 0 Å². The summed E-state index contributed by atoms with van der Waals surface area (Å²) < 4.78 is 5.53. The Bertz CT molecular complexity index is 314. The second-order valence-corrected chi connectivity index (χ2v) is 7.34. The first-order valence-corrected chi connectivity index (χ1v) is 8.83. The van der Waals surface area contributed by atoms with Crippen LogP contribution in [0, 0.1) is 17.3 Å². The third kappa shape index (κ3) is 5.28. The van der Waals surface area contributed by atoms with Gasteiger partial charge in [-0.25, -0.2) is 0 Å². The van der Waals surface area contributed by atoms with Crippen molar-refractivity contribution in [3.63, 3.8) is 0 Å². The van der Waals surface area contributed by atoms with E-state index in [0.29, 0.717) is 12.5 Å². The van der Waals surface area contributed by atoms with Crippen LogP contribution in [0.4, 0.5) is 0 Å². The lowest BCUT2D eigenvalue weighted by Crippen LogP contribution is -2.49. The molecule has 0 spiro atoms. The fourth-order valence-corrected chi connectivity index (χ4v) is 3.43. The van der Waals surface area contributed by atoms with E-state index in [-0.39, 0.29) is 23.3 Å². The quantitative estimate of drug-likeness (QED) is 0.537. The van der Waals surface area contributed by atoms with E-state index in [0.717, 1.165) is 19.3 Å². The van der Waals surface area contributed by atoms with E-state index in [4.69, 9.17) is 10.5 Å². The number of hydrogen-bond acceptors (Lipinski definition) is 3. The monoisotopic (exact) mass is 297 g/mol. The lowest BCUT2D eigenvalue weighted by atomic mass is 9.61. The summed E-state index contributed by atoms with van der Waals surface area (Å²) in [6.07, 6.45) is 9.11. The van der Waals surface area contributed by atoms with E-state index in [2.05, 4.69) is 27.7 Å². The van der Waals surface area contributed by atoms with E-state index in [1.807, 2.05) is 0 Å². The van der Waals surface area contributed by atoms with Gasteiger partial charge in [0.2, 0.25) is 0 Å². The Kier molecular flexibility index (Phi) is 7.72. The molecule has 0 aliphatic heterocycles. The van der Waals surface area contributed by atoms with E-state index in [1.165, 1.54) is 32.1 Å². The number of esters is 1. The molecule has 1 fully saturated rings. The second kappa shape index (κ2) is 8.77. The van der Waals surface area contributed by atoms with Gasteiger partial charge in [0.05, 0.1) is 12.5 Å². The average Bonchev–Trinajstić information content (AvgIpc) is 2.43. The van der Waals surface area contributed by atoms with Crippen LogP contribution in [0.3, 0.4) is 0 Å². The SMILES string of the molecule is CCCCCCCCOC(=O)C1CCC(N)C(C)C1(C)C. The number of ether oxygens (including phenoxy) is 1. The van der Waals surface area contributed by atoms with Gasteiger partial charge in [-0.15, -0.1) is 0 Å². The van der Waals surface area contributed by atoms with Gasteiger partial charge in [-0.05, 0) is 30.6 Å². The zero-order valence-electron chi connectivity index (χ0n) is 14.5. The summed E-state index contributed by atoms with van der Waals surface area (Å²) in [6.45, 7) is 9.29. The topological polar surface area (TPSA) is 52.3 Å². The van der Waals surface area contributed by atoms with Gasteiger partial charge in [0.15, 0.2) is 0 Å². The molecular weight excluding hydrogens is 262 g/mol. The predicted octanol–water partition coefficient (Wildman–Crippen LogP) is 4.29. The van der Waals surface area contributed by atoms with E-state index >= 15 is 0 Å². The lowest BCUT2D eigenvalue weighted by molar-refractivity contribution is -0.157. The molecule has 1 saturated carbocycles. The maximum absolute atomic E-state index is 12.3. The summed E-state index contributed by atoms with van der Waals surface area (Å²) in [7, 11) is 0. The maximum atomic E-state index is 12.3. The van der Waals surface area contributed by atoms with Crippen molar-refractivity contribution in [1.82, 2.24) is 0 Å². The van der Waals surface area contributed by atoms with E-state index < -0.39 is 0 Å². The molecule has 0 aromatic carbocycles. The van der Waals surface area contributed by atoms with Crippen LogP contribution in [0.1, 0.15) is 79.1 Å².